The Morgan fingerprint density at radius 3 is 2.72 bits per heavy atom. The average molecular weight is 338 g/mol. The van der Waals surface area contributed by atoms with E-state index in [1.54, 1.807) is 49.9 Å². The number of ether oxygens (including phenoxy) is 2. The molecule has 0 saturated heterocycles. The van der Waals surface area contributed by atoms with Crippen molar-refractivity contribution in [2.75, 3.05) is 11.9 Å². The molecule has 1 atom stereocenters. The number of aliphatic hydroxyl groups is 1. The van der Waals surface area contributed by atoms with Crippen LogP contribution in [-0.4, -0.2) is 32.8 Å². The summed E-state index contributed by atoms with van der Waals surface area (Å²) in [5.41, 5.74) is 0. The molecule has 7 heteroatoms. The number of nitrogens with zero attached hydrogens (tertiary/aromatic N) is 3. The van der Waals surface area contributed by atoms with E-state index in [1.807, 2.05) is 18.2 Å². The molecule has 0 spiro atoms. The van der Waals surface area contributed by atoms with E-state index in [4.69, 9.17) is 9.47 Å². The van der Waals surface area contributed by atoms with Crippen LogP contribution in [0.4, 0.5) is 11.6 Å². The van der Waals surface area contributed by atoms with Gasteiger partial charge in [0.1, 0.15) is 23.4 Å². The summed E-state index contributed by atoms with van der Waals surface area (Å²) < 4.78 is 11.5. The largest absolute Gasteiger partial charge is 0.484 e. The fraction of sp³-hybridized carbons (Fsp3) is 0.167. The molecule has 2 N–H and O–H groups in total. The van der Waals surface area contributed by atoms with Crippen molar-refractivity contribution < 1.29 is 14.6 Å². The normalized spacial score (nSPS) is 11.6. The van der Waals surface area contributed by atoms with Crippen molar-refractivity contribution in [2.24, 2.45) is 0 Å². The third-order valence-electron chi connectivity index (χ3n) is 3.19. The predicted octanol–water partition coefficient (Wildman–Crippen LogP) is 3.17. The standard InChI is InChI=1S/C18H18N4O3/c1-13(12-23)24-16-9-15(25-14-5-4-7-19-10-14)11-21-18(16)22-17-6-2-3-8-20-17/h2-11,13,23H,12H2,1H3,(H,20,21,22)/t13-/m0/s1. The monoisotopic (exact) mass is 338 g/mol. The molecule has 0 unspecified atom stereocenters. The SMILES string of the molecule is C[C@@H](CO)Oc1cc(Oc2cccnc2)cnc1Nc1ccccn1. The Labute approximate surface area is 145 Å². The fourth-order valence-corrected chi connectivity index (χ4v) is 2.02. The summed E-state index contributed by atoms with van der Waals surface area (Å²) in [6.45, 7) is 1.65. The summed E-state index contributed by atoms with van der Waals surface area (Å²) in [4.78, 5) is 12.6. The molecule has 3 heterocycles. The molecule has 7 nitrogen and oxygen atoms in total. The lowest BCUT2D eigenvalue weighted by Crippen LogP contribution is -2.17. The van der Waals surface area contributed by atoms with Crippen molar-refractivity contribution in [3.05, 3.63) is 61.2 Å². The molecule has 0 aliphatic heterocycles. The highest BCUT2D eigenvalue weighted by Gasteiger charge is 2.12. The third-order valence-corrected chi connectivity index (χ3v) is 3.19. The summed E-state index contributed by atoms with van der Waals surface area (Å²) in [5.74, 6) is 2.67. The van der Waals surface area contributed by atoms with Gasteiger partial charge in [0, 0.05) is 18.5 Å². The number of hydrogen-bond acceptors (Lipinski definition) is 7. The van der Waals surface area contributed by atoms with Crippen LogP contribution < -0.4 is 14.8 Å². The van der Waals surface area contributed by atoms with E-state index in [-0.39, 0.29) is 12.7 Å². The zero-order chi connectivity index (χ0) is 17.5. The highest BCUT2D eigenvalue weighted by molar-refractivity contribution is 5.60. The van der Waals surface area contributed by atoms with Crippen LogP contribution in [0.25, 0.3) is 0 Å². The second-order valence-corrected chi connectivity index (χ2v) is 5.26. The van der Waals surface area contributed by atoms with E-state index in [0.29, 0.717) is 28.9 Å². The van der Waals surface area contributed by atoms with Crippen LogP contribution in [0.2, 0.25) is 0 Å². The molecule has 0 amide bonds. The Balaban J connectivity index is 1.86. The highest BCUT2D eigenvalue weighted by Crippen LogP contribution is 2.31. The first-order valence-corrected chi connectivity index (χ1v) is 7.78. The molecule has 0 bridgehead atoms. The molecular formula is C18H18N4O3. The Bertz CT molecular complexity index is 800. The van der Waals surface area contributed by atoms with Crippen molar-refractivity contribution in [2.45, 2.75) is 13.0 Å². The molecule has 3 aromatic rings. The molecule has 128 valence electrons. The van der Waals surface area contributed by atoms with Gasteiger partial charge in [-0.2, -0.15) is 0 Å². The summed E-state index contributed by atoms with van der Waals surface area (Å²) >= 11 is 0. The van der Waals surface area contributed by atoms with Crippen LogP contribution in [0.5, 0.6) is 17.2 Å². The molecule has 3 rings (SSSR count). The Kier molecular flexibility index (Phi) is 5.38. The molecule has 3 aromatic heterocycles. The molecule has 0 saturated carbocycles. The summed E-state index contributed by atoms with van der Waals surface area (Å²) in [7, 11) is 0. The van der Waals surface area contributed by atoms with Gasteiger partial charge < -0.3 is 19.9 Å². The van der Waals surface area contributed by atoms with Gasteiger partial charge in [-0.25, -0.2) is 9.97 Å². The Morgan fingerprint density at radius 1 is 1.08 bits per heavy atom. The van der Waals surface area contributed by atoms with Crippen LogP contribution in [0, 0.1) is 0 Å². The number of anilines is 2. The second kappa shape index (κ2) is 8.07. The van der Waals surface area contributed by atoms with Gasteiger partial charge in [-0.05, 0) is 31.2 Å². The number of aliphatic hydroxyl groups excluding tert-OH is 1. The van der Waals surface area contributed by atoms with E-state index in [9.17, 15) is 5.11 Å². The number of pyridine rings is 3. The smallest absolute Gasteiger partial charge is 0.174 e. The number of hydrogen-bond donors (Lipinski definition) is 2. The number of aromatic nitrogens is 3. The van der Waals surface area contributed by atoms with E-state index >= 15 is 0 Å². The molecular weight excluding hydrogens is 320 g/mol. The number of nitrogens with one attached hydrogen (secondary N) is 1. The third kappa shape index (κ3) is 4.65. The van der Waals surface area contributed by atoms with E-state index in [2.05, 4.69) is 20.3 Å². The van der Waals surface area contributed by atoms with Gasteiger partial charge in [0.15, 0.2) is 11.6 Å². The minimum Gasteiger partial charge on any atom is -0.484 e. The predicted molar refractivity (Wildman–Crippen MR) is 93.2 cm³/mol. The minimum absolute atomic E-state index is 0.114. The highest BCUT2D eigenvalue weighted by atomic mass is 16.5. The quantitative estimate of drug-likeness (QED) is 0.684. The van der Waals surface area contributed by atoms with Crippen molar-refractivity contribution in [3.8, 4) is 17.2 Å². The summed E-state index contributed by atoms with van der Waals surface area (Å²) in [6.07, 6.45) is 6.15. The molecule has 0 aliphatic carbocycles. The second-order valence-electron chi connectivity index (χ2n) is 5.26. The van der Waals surface area contributed by atoms with Crippen molar-refractivity contribution in [1.82, 2.24) is 15.0 Å². The zero-order valence-corrected chi connectivity index (χ0v) is 13.7. The minimum atomic E-state index is -0.389. The average Bonchev–Trinajstić information content (AvgIpc) is 2.65. The first kappa shape index (κ1) is 16.7. The molecule has 0 aliphatic rings. The first-order valence-electron chi connectivity index (χ1n) is 7.78. The van der Waals surface area contributed by atoms with Gasteiger partial charge in [0.25, 0.3) is 0 Å². The van der Waals surface area contributed by atoms with Gasteiger partial charge in [-0.15, -0.1) is 0 Å². The number of rotatable bonds is 7. The first-order chi connectivity index (χ1) is 12.2. The van der Waals surface area contributed by atoms with Crippen molar-refractivity contribution in [1.29, 1.82) is 0 Å². The van der Waals surface area contributed by atoms with Crippen LogP contribution in [0.3, 0.4) is 0 Å². The van der Waals surface area contributed by atoms with E-state index in [1.165, 1.54) is 0 Å². The van der Waals surface area contributed by atoms with E-state index < -0.39 is 0 Å². The lowest BCUT2D eigenvalue weighted by molar-refractivity contribution is 0.130. The van der Waals surface area contributed by atoms with Gasteiger partial charge in [0.2, 0.25) is 0 Å². The molecule has 0 aromatic carbocycles. The van der Waals surface area contributed by atoms with Crippen molar-refractivity contribution in [3.63, 3.8) is 0 Å². The van der Waals surface area contributed by atoms with Crippen LogP contribution in [0.1, 0.15) is 6.92 Å². The van der Waals surface area contributed by atoms with E-state index in [0.717, 1.165) is 0 Å². The maximum absolute atomic E-state index is 9.26. The van der Waals surface area contributed by atoms with Gasteiger partial charge in [-0.1, -0.05) is 6.07 Å². The summed E-state index contributed by atoms with van der Waals surface area (Å²) in [5, 5.41) is 12.4. The van der Waals surface area contributed by atoms with Crippen LogP contribution >= 0.6 is 0 Å². The zero-order valence-electron chi connectivity index (χ0n) is 13.7. The molecule has 25 heavy (non-hydrogen) atoms. The topological polar surface area (TPSA) is 89.4 Å². The van der Waals surface area contributed by atoms with Gasteiger partial charge in [0.05, 0.1) is 19.0 Å². The van der Waals surface area contributed by atoms with Gasteiger partial charge in [-0.3, -0.25) is 4.98 Å². The lowest BCUT2D eigenvalue weighted by Gasteiger charge is -2.17. The van der Waals surface area contributed by atoms with Crippen molar-refractivity contribution >= 4 is 11.6 Å². The van der Waals surface area contributed by atoms with Gasteiger partial charge >= 0.3 is 0 Å². The Morgan fingerprint density at radius 2 is 2.00 bits per heavy atom. The lowest BCUT2D eigenvalue weighted by atomic mass is 10.3. The van der Waals surface area contributed by atoms with Crippen LogP contribution in [-0.2, 0) is 0 Å². The maximum atomic E-state index is 9.26. The summed E-state index contributed by atoms with van der Waals surface area (Å²) in [6, 6.07) is 10.8. The van der Waals surface area contributed by atoms with Crippen LogP contribution in [0.15, 0.2) is 61.2 Å². The molecule has 0 fully saturated rings. The molecule has 0 radical (unpaired) electrons. The maximum Gasteiger partial charge on any atom is 0.174 e. The Hall–Kier alpha value is -3.19. The fourth-order valence-electron chi connectivity index (χ4n) is 2.02.